The third kappa shape index (κ3) is 10.2. The molecule has 9 heteroatoms. The Morgan fingerprint density at radius 3 is 0.745 bits per heavy atom. The molecule has 0 bridgehead atoms. The van der Waals surface area contributed by atoms with Gasteiger partial charge in [0.1, 0.15) is 0 Å². The second-order valence-corrected chi connectivity index (χ2v) is 18.8. The number of hydrogen-bond acceptors (Lipinski definition) is 8. The van der Waals surface area contributed by atoms with Gasteiger partial charge in [-0.15, -0.1) is 0 Å². The van der Waals surface area contributed by atoms with Crippen molar-refractivity contribution in [2.24, 2.45) is 52.5 Å². The molecule has 0 aliphatic carbocycles. The number of nitrogens with zero attached hydrogens (tertiary/aromatic N) is 4. The van der Waals surface area contributed by atoms with Crippen molar-refractivity contribution in [1.82, 2.24) is 0 Å². The van der Waals surface area contributed by atoms with E-state index in [2.05, 4.69) is 83.1 Å². The van der Waals surface area contributed by atoms with E-state index < -0.39 is 34.1 Å². The van der Waals surface area contributed by atoms with Gasteiger partial charge in [0.2, 0.25) is 0 Å². The average Bonchev–Trinajstić information content (AvgIpc) is 3.63. The van der Waals surface area contributed by atoms with E-state index in [0.29, 0.717) is 12.8 Å². The molecule has 0 saturated heterocycles. The van der Waals surface area contributed by atoms with Gasteiger partial charge in [0.15, 0.2) is 11.3 Å². The third-order valence-electron chi connectivity index (χ3n) is 11.8. The molecule has 0 saturated carbocycles. The molecule has 0 N–H and O–H groups in total. The molecule has 0 fully saturated rings. The molecular weight excluding hydrogens is 712 g/mol. The van der Waals surface area contributed by atoms with Crippen LogP contribution in [0.1, 0.15) is 189 Å². The van der Waals surface area contributed by atoms with E-state index in [1.54, 1.807) is 0 Å². The van der Waals surface area contributed by atoms with Crippen molar-refractivity contribution >= 4 is 80.3 Å². The van der Waals surface area contributed by atoms with Crippen molar-refractivity contribution in [2.75, 3.05) is 0 Å². The third-order valence-corrected chi connectivity index (χ3v) is 11.8. The molecule has 2 aliphatic rings. The van der Waals surface area contributed by atoms with Crippen molar-refractivity contribution < 1.29 is 19.8 Å². The second-order valence-electron chi connectivity index (χ2n) is 18.8. The maximum Gasteiger partial charge on any atom is 2.00 e. The van der Waals surface area contributed by atoms with Crippen molar-refractivity contribution in [2.45, 2.75) is 200 Å². The van der Waals surface area contributed by atoms with Crippen LogP contribution in [0.15, 0.2) is 20.0 Å². The van der Waals surface area contributed by atoms with Crippen LogP contribution < -0.4 is 10.2 Å². The van der Waals surface area contributed by atoms with Crippen molar-refractivity contribution in [1.29, 1.82) is 0 Å². The predicted octanol–water partition coefficient (Wildman–Crippen LogP) is 8.45. The number of aliphatic imine (C=N–C) groups is 4. The Bertz CT molecular complexity index is 1180. The summed E-state index contributed by atoms with van der Waals surface area (Å²) in [7, 11) is 0. The van der Waals surface area contributed by atoms with Gasteiger partial charge in [0.25, 0.3) is 0 Å². The summed E-state index contributed by atoms with van der Waals surface area (Å²) in [6, 6.07) is 0. The van der Waals surface area contributed by atoms with Gasteiger partial charge in [-0.3, -0.25) is 20.0 Å². The number of carbonyl (C=O) groups is 2. The molecule has 0 aromatic rings. The summed E-state index contributed by atoms with van der Waals surface area (Å²) in [6.45, 7) is 37.5. The first-order valence-electron chi connectivity index (χ1n) is 19.5. The molecule has 288 valence electrons. The van der Waals surface area contributed by atoms with Crippen LogP contribution >= 0.6 is 0 Å². The standard InChI is InChI=1S/2C21H38N2O2.Sr/c2*1-10-13-18(4,5)15-16(19(6,7)14-11-2)23-21(22-15,17(24)25)20(8,9)12-3;/h2*10-14H2,1-9H3,(H,24,25);/q;;+2/p-2. The summed E-state index contributed by atoms with van der Waals surface area (Å²) in [6.07, 6.45) is 9.18. The van der Waals surface area contributed by atoms with Gasteiger partial charge in [-0.25, -0.2) is 0 Å². The predicted molar refractivity (Wildman–Crippen MR) is 214 cm³/mol. The van der Waals surface area contributed by atoms with Gasteiger partial charge in [-0.2, -0.15) is 0 Å². The Kier molecular flexibility index (Phi) is 17.8. The Labute approximate surface area is 350 Å². The maximum absolute atomic E-state index is 12.3. The summed E-state index contributed by atoms with van der Waals surface area (Å²) in [5.41, 5.74) is -1.66. The summed E-state index contributed by atoms with van der Waals surface area (Å²) in [5, 5.41) is 24.5. The van der Waals surface area contributed by atoms with E-state index >= 15 is 0 Å². The van der Waals surface area contributed by atoms with Crippen LogP contribution in [0, 0.1) is 32.5 Å². The average molecular weight is 787 g/mol. The molecule has 2 rings (SSSR count). The number of carbonyl (C=O) groups excluding carboxylic acids is 2. The van der Waals surface area contributed by atoms with Crippen LogP contribution in [0.2, 0.25) is 0 Å². The van der Waals surface area contributed by atoms with Gasteiger partial charge in [-0.1, -0.05) is 150 Å². The topological polar surface area (TPSA) is 130 Å². The fraction of sp³-hybridized carbons (Fsp3) is 0.857. The second kappa shape index (κ2) is 18.2. The van der Waals surface area contributed by atoms with Crippen LogP contribution in [0.5, 0.6) is 0 Å². The van der Waals surface area contributed by atoms with Gasteiger partial charge < -0.3 is 19.8 Å². The van der Waals surface area contributed by atoms with Crippen LogP contribution in [0.4, 0.5) is 0 Å². The minimum absolute atomic E-state index is 0. The number of rotatable bonds is 18. The largest absolute Gasteiger partial charge is 2.00 e. The summed E-state index contributed by atoms with van der Waals surface area (Å²) >= 11 is 0. The smallest absolute Gasteiger partial charge is 0.545 e. The van der Waals surface area contributed by atoms with Crippen LogP contribution in [-0.2, 0) is 9.59 Å². The first-order valence-corrected chi connectivity index (χ1v) is 19.5. The van der Waals surface area contributed by atoms with Crippen molar-refractivity contribution in [3.05, 3.63) is 0 Å². The van der Waals surface area contributed by atoms with E-state index in [4.69, 9.17) is 20.0 Å². The van der Waals surface area contributed by atoms with Crippen LogP contribution in [0.3, 0.4) is 0 Å². The SMILES string of the molecule is CCCC(C)(C)C1=NC(C(=O)[O-])(C(C)(C)CC)N=C1C(C)(C)CCC.CCCC(C)(C)C1=NC(C(=O)[O-])(C(C)(C)CC)N=C1C(C)(C)CCC.[Sr+2]. The van der Waals surface area contributed by atoms with E-state index in [1.165, 1.54) is 0 Å². The zero-order valence-corrected chi connectivity index (χ0v) is 39.7. The monoisotopic (exact) mass is 786 g/mol. The van der Waals surface area contributed by atoms with Gasteiger partial charge in [-0.05, 0) is 38.5 Å². The summed E-state index contributed by atoms with van der Waals surface area (Å²) in [5.74, 6) is -2.38. The molecule has 0 aromatic heterocycles. The minimum Gasteiger partial charge on any atom is -0.545 e. The first-order chi connectivity index (χ1) is 22.6. The van der Waals surface area contributed by atoms with Crippen molar-refractivity contribution in [3.8, 4) is 0 Å². The first kappa shape index (κ1) is 50.1. The molecule has 0 unspecified atom stereocenters. The molecule has 0 atom stereocenters. The van der Waals surface area contributed by atoms with Gasteiger partial charge in [0, 0.05) is 32.5 Å². The number of carboxylic acid groups (broad SMARTS) is 2. The number of hydrogen-bond donors (Lipinski definition) is 0. The molecule has 2 aliphatic heterocycles. The Morgan fingerprint density at radius 2 is 0.627 bits per heavy atom. The zero-order valence-electron chi connectivity index (χ0n) is 36.2. The number of aliphatic carboxylic acids is 2. The summed E-state index contributed by atoms with van der Waals surface area (Å²) < 4.78 is 0. The molecule has 0 aromatic carbocycles. The normalized spacial score (nSPS) is 17.8. The van der Waals surface area contributed by atoms with E-state index in [0.717, 1.165) is 74.2 Å². The number of carboxylic acids is 2. The minimum atomic E-state index is -1.53. The van der Waals surface area contributed by atoms with Gasteiger partial charge in [0.05, 0.1) is 34.8 Å². The molecule has 2 heterocycles. The molecular formula is C42H74N4O4Sr. The quantitative estimate of drug-likeness (QED) is 0.129. The molecule has 0 spiro atoms. The fourth-order valence-electron chi connectivity index (χ4n) is 7.60. The molecule has 0 amide bonds. The Morgan fingerprint density at radius 1 is 0.451 bits per heavy atom. The molecule has 0 radical (unpaired) electrons. The van der Waals surface area contributed by atoms with Crippen LogP contribution in [-0.4, -0.2) is 91.6 Å². The zero-order chi connectivity index (χ0) is 39.4. The molecule has 51 heavy (non-hydrogen) atoms. The Balaban J connectivity index is 0.000000962. The van der Waals surface area contributed by atoms with Crippen LogP contribution in [0.25, 0.3) is 0 Å². The molecule has 8 nitrogen and oxygen atoms in total. The Hall–Kier alpha value is -0.899. The van der Waals surface area contributed by atoms with E-state index in [-0.39, 0.29) is 67.1 Å². The van der Waals surface area contributed by atoms with Gasteiger partial charge >= 0.3 is 45.5 Å². The van der Waals surface area contributed by atoms with E-state index in [9.17, 15) is 19.8 Å². The van der Waals surface area contributed by atoms with E-state index in [1.807, 2.05) is 41.5 Å². The van der Waals surface area contributed by atoms with Crippen molar-refractivity contribution in [3.63, 3.8) is 0 Å². The fourth-order valence-corrected chi connectivity index (χ4v) is 7.60. The maximum atomic E-state index is 12.3. The summed E-state index contributed by atoms with van der Waals surface area (Å²) in [4.78, 5) is 43.9.